The molecule has 1 saturated heterocycles. The zero-order chi connectivity index (χ0) is 30.2. The number of hydrogen-bond acceptors (Lipinski definition) is 10. The SMILES string of the molecule is CCCCC[C@@H]1CCCC[C@]1(O)[C@@H]1O[C@@H](Oc2cc(C(=O)O)cc3c(O)c(C)c(C(C)=O)c(O)c23)[C@H](O)[C@@H](O)[C@@H]1O. The van der Waals surface area contributed by atoms with E-state index in [0.717, 1.165) is 37.8 Å². The van der Waals surface area contributed by atoms with Crippen molar-refractivity contribution in [2.75, 3.05) is 0 Å². The fraction of sp³-hybridized carbons (Fsp3) is 0.600. The Hall–Kier alpha value is -2.96. The number of aromatic carboxylic acids is 1. The molecule has 0 spiro atoms. The van der Waals surface area contributed by atoms with Crippen LogP contribution in [0.4, 0.5) is 0 Å². The average Bonchev–Trinajstić information content (AvgIpc) is 2.92. The van der Waals surface area contributed by atoms with Crippen LogP contribution in [-0.4, -0.2) is 83.8 Å². The van der Waals surface area contributed by atoms with Crippen molar-refractivity contribution < 1.29 is 54.8 Å². The molecule has 1 aliphatic carbocycles. The summed E-state index contributed by atoms with van der Waals surface area (Å²) >= 11 is 0. The molecule has 1 aliphatic heterocycles. The van der Waals surface area contributed by atoms with Gasteiger partial charge in [-0.15, -0.1) is 0 Å². The Morgan fingerprint density at radius 2 is 1.76 bits per heavy atom. The van der Waals surface area contributed by atoms with Gasteiger partial charge in [-0.2, -0.15) is 0 Å². The third-order valence-corrected chi connectivity index (χ3v) is 8.71. The van der Waals surface area contributed by atoms with Crippen LogP contribution in [0.25, 0.3) is 10.8 Å². The Kier molecular flexibility index (Phi) is 9.15. The van der Waals surface area contributed by atoms with Crippen molar-refractivity contribution in [2.45, 2.75) is 108 Å². The minimum absolute atomic E-state index is 0.0391. The molecule has 11 nitrogen and oxygen atoms in total. The Morgan fingerprint density at radius 3 is 2.39 bits per heavy atom. The molecule has 2 aliphatic rings. The highest BCUT2D eigenvalue weighted by Gasteiger charge is 2.56. The van der Waals surface area contributed by atoms with Crippen LogP contribution >= 0.6 is 0 Å². The van der Waals surface area contributed by atoms with E-state index in [1.807, 2.05) is 0 Å². The normalized spacial score (nSPS) is 30.3. The highest BCUT2D eigenvalue weighted by atomic mass is 16.7. The third-order valence-electron chi connectivity index (χ3n) is 8.71. The molecule has 2 fully saturated rings. The van der Waals surface area contributed by atoms with Gasteiger partial charge < -0.3 is 45.2 Å². The lowest BCUT2D eigenvalue weighted by atomic mass is 9.68. The van der Waals surface area contributed by atoms with Gasteiger partial charge in [0, 0.05) is 10.9 Å². The average molecular weight is 577 g/mol. The summed E-state index contributed by atoms with van der Waals surface area (Å²) in [7, 11) is 0. The van der Waals surface area contributed by atoms with Crippen LogP contribution in [0.5, 0.6) is 17.2 Å². The zero-order valence-corrected chi connectivity index (χ0v) is 23.5. The molecule has 4 rings (SSSR count). The monoisotopic (exact) mass is 576 g/mol. The van der Waals surface area contributed by atoms with Crippen LogP contribution in [-0.2, 0) is 4.74 Å². The largest absolute Gasteiger partial charge is 0.507 e. The fourth-order valence-corrected chi connectivity index (χ4v) is 6.46. The van der Waals surface area contributed by atoms with E-state index in [9.17, 15) is 45.3 Å². The molecule has 0 bridgehead atoms. The van der Waals surface area contributed by atoms with Gasteiger partial charge in [-0.1, -0.05) is 39.0 Å². The molecule has 0 unspecified atom stereocenters. The van der Waals surface area contributed by atoms with Gasteiger partial charge in [0.25, 0.3) is 0 Å². The van der Waals surface area contributed by atoms with Gasteiger partial charge in [0.1, 0.15) is 41.7 Å². The van der Waals surface area contributed by atoms with E-state index in [0.29, 0.717) is 25.7 Å². The number of ether oxygens (including phenoxy) is 2. The van der Waals surface area contributed by atoms with Crippen LogP contribution in [0.3, 0.4) is 0 Å². The van der Waals surface area contributed by atoms with Gasteiger partial charge in [0.05, 0.1) is 22.1 Å². The quantitative estimate of drug-likeness (QED) is 0.132. The molecule has 7 N–H and O–H groups in total. The van der Waals surface area contributed by atoms with E-state index < -0.39 is 59.6 Å². The van der Waals surface area contributed by atoms with Crippen LogP contribution in [0, 0.1) is 12.8 Å². The molecular formula is C30H40O11. The molecule has 11 heteroatoms. The number of fused-ring (bicyclic) bond motifs is 1. The second-order valence-electron chi connectivity index (χ2n) is 11.4. The molecule has 41 heavy (non-hydrogen) atoms. The fourth-order valence-electron chi connectivity index (χ4n) is 6.46. The van der Waals surface area contributed by atoms with Crippen LogP contribution in [0.2, 0.25) is 0 Å². The van der Waals surface area contributed by atoms with Crippen LogP contribution in [0.15, 0.2) is 12.1 Å². The van der Waals surface area contributed by atoms with Crippen molar-refractivity contribution in [1.29, 1.82) is 0 Å². The molecular weight excluding hydrogens is 536 g/mol. The summed E-state index contributed by atoms with van der Waals surface area (Å²) < 4.78 is 11.9. The Morgan fingerprint density at radius 1 is 1.05 bits per heavy atom. The number of aliphatic hydroxyl groups excluding tert-OH is 3. The molecule has 0 radical (unpaired) electrons. The van der Waals surface area contributed by atoms with Crippen molar-refractivity contribution in [3.63, 3.8) is 0 Å². The van der Waals surface area contributed by atoms with Crippen molar-refractivity contribution >= 4 is 22.5 Å². The van der Waals surface area contributed by atoms with Gasteiger partial charge >= 0.3 is 5.97 Å². The van der Waals surface area contributed by atoms with Crippen molar-refractivity contribution in [3.8, 4) is 17.2 Å². The molecule has 1 heterocycles. The Bertz CT molecular complexity index is 1310. The molecule has 1 saturated carbocycles. The lowest BCUT2D eigenvalue weighted by molar-refractivity contribution is -0.315. The zero-order valence-electron chi connectivity index (χ0n) is 23.5. The number of ketones is 1. The number of benzene rings is 2. The van der Waals surface area contributed by atoms with Crippen molar-refractivity contribution in [3.05, 3.63) is 28.8 Å². The molecule has 2 aromatic carbocycles. The number of Topliss-reactive ketones (excluding diaryl/α,β-unsaturated/α-hetero) is 1. The molecule has 0 aromatic heterocycles. The highest BCUT2D eigenvalue weighted by Crippen LogP contribution is 2.47. The summed E-state index contributed by atoms with van der Waals surface area (Å²) in [6.07, 6.45) is -2.24. The van der Waals surface area contributed by atoms with Gasteiger partial charge in [0.2, 0.25) is 6.29 Å². The number of aliphatic hydroxyl groups is 4. The van der Waals surface area contributed by atoms with Crippen molar-refractivity contribution in [1.82, 2.24) is 0 Å². The number of aromatic hydroxyl groups is 2. The summed E-state index contributed by atoms with van der Waals surface area (Å²) in [5, 5.41) is 75.8. The maximum atomic E-state index is 12.3. The number of carbonyl (C=O) groups is 2. The third kappa shape index (κ3) is 5.61. The molecule has 0 amide bonds. The predicted octanol–water partition coefficient (Wildman–Crippen LogP) is 3.15. The topological polar surface area (TPSA) is 194 Å². The first-order valence-corrected chi connectivity index (χ1v) is 14.2. The van der Waals surface area contributed by atoms with Crippen LogP contribution < -0.4 is 4.74 Å². The summed E-state index contributed by atoms with van der Waals surface area (Å²) in [5.74, 6) is -3.54. The van der Waals surface area contributed by atoms with E-state index in [2.05, 4.69) is 6.92 Å². The minimum Gasteiger partial charge on any atom is -0.507 e. The number of carboxylic acid groups (broad SMARTS) is 1. The van der Waals surface area contributed by atoms with E-state index in [1.165, 1.54) is 13.8 Å². The van der Waals surface area contributed by atoms with Gasteiger partial charge in [-0.25, -0.2) is 4.79 Å². The minimum atomic E-state index is -1.83. The Labute approximate surface area is 238 Å². The molecule has 2 aromatic rings. The van der Waals surface area contributed by atoms with E-state index in [-0.39, 0.29) is 39.1 Å². The standard InChI is InChI=1S/C30H40O11/c1-4-5-6-9-17-10-7-8-11-30(17,39)27-25(35)24(34)26(36)29(41-27)40-19-13-16(28(37)38)12-18-21(19)23(33)20(15(3)31)14(2)22(18)32/h12-13,17,24-27,29,32-36,39H,4-11H2,1-3H3,(H,37,38)/t17-,24+,25+,26-,27-,29-,30-/m1/s1. The lowest BCUT2D eigenvalue weighted by Gasteiger charge is -2.51. The number of phenols is 2. The molecule has 226 valence electrons. The first-order valence-electron chi connectivity index (χ1n) is 14.2. The number of hydrogen-bond donors (Lipinski definition) is 7. The van der Waals surface area contributed by atoms with Gasteiger partial charge in [-0.05, 0) is 51.2 Å². The van der Waals surface area contributed by atoms with Crippen LogP contribution in [0.1, 0.15) is 91.5 Å². The summed E-state index contributed by atoms with van der Waals surface area (Å²) in [5.41, 5.74) is -2.02. The first kappa shape index (κ1) is 31.0. The number of carboxylic acids is 1. The number of phenolic OH excluding ortho intramolecular Hbond substituents is 2. The maximum Gasteiger partial charge on any atom is 0.335 e. The Balaban J connectivity index is 1.79. The molecule has 7 atom stereocenters. The highest BCUT2D eigenvalue weighted by molar-refractivity contribution is 6.11. The summed E-state index contributed by atoms with van der Waals surface area (Å²) in [4.78, 5) is 24.2. The summed E-state index contributed by atoms with van der Waals surface area (Å²) in [6, 6.07) is 2.15. The second-order valence-corrected chi connectivity index (χ2v) is 11.4. The number of unbranched alkanes of at least 4 members (excludes halogenated alkanes) is 2. The first-order chi connectivity index (χ1) is 19.3. The number of carbonyl (C=O) groups excluding carboxylic acids is 1. The van der Waals surface area contributed by atoms with Gasteiger partial charge in [0.15, 0.2) is 5.78 Å². The lowest BCUT2D eigenvalue weighted by Crippen LogP contribution is -2.67. The number of rotatable bonds is 9. The van der Waals surface area contributed by atoms with Crippen molar-refractivity contribution in [2.24, 2.45) is 5.92 Å². The second kappa shape index (κ2) is 12.1. The van der Waals surface area contributed by atoms with E-state index in [1.54, 1.807) is 0 Å². The summed E-state index contributed by atoms with van der Waals surface area (Å²) in [6.45, 7) is 4.66. The van der Waals surface area contributed by atoms with Gasteiger partial charge in [-0.3, -0.25) is 4.79 Å². The smallest absolute Gasteiger partial charge is 0.335 e. The predicted molar refractivity (Wildman–Crippen MR) is 147 cm³/mol. The van der Waals surface area contributed by atoms with E-state index in [4.69, 9.17) is 9.47 Å². The van der Waals surface area contributed by atoms with E-state index >= 15 is 0 Å². The maximum absolute atomic E-state index is 12.3.